The fourth-order valence-corrected chi connectivity index (χ4v) is 4.82. The molecule has 2 aromatic carbocycles. The normalized spacial score (nSPS) is 15.9. The lowest BCUT2D eigenvalue weighted by atomic mass is 10.0. The maximum atomic E-state index is 13.6. The summed E-state index contributed by atoms with van der Waals surface area (Å²) in [7, 11) is 3.50. The highest BCUT2D eigenvalue weighted by Gasteiger charge is 2.26. The lowest BCUT2D eigenvalue weighted by Crippen LogP contribution is -2.23. The Morgan fingerprint density at radius 1 is 1.28 bits per heavy atom. The maximum absolute atomic E-state index is 13.6. The van der Waals surface area contributed by atoms with Crippen molar-refractivity contribution in [2.24, 2.45) is 0 Å². The number of nitrogens with zero attached hydrogens (tertiary/aromatic N) is 3. The summed E-state index contributed by atoms with van der Waals surface area (Å²) in [4.78, 5) is 27.6. The first-order valence-electron chi connectivity index (χ1n) is 11.6. The van der Waals surface area contributed by atoms with E-state index in [1.165, 1.54) is 19.2 Å². The Bertz CT molecular complexity index is 1490. The molecule has 1 saturated heterocycles. The number of aromatic amines is 1. The third-order valence-corrected chi connectivity index (χ3v) is 6.67. The number of hydrogen-bond acceptors (Lipinski definition) is 6. The number of nitrogens with one attached hydrogen (secondary N) is 2. The van der Waals surface area contributed by atoms with Crippen LogP contribution in [0, 0.1) is 5.82 Å². The van der Waals surface area contributed by atoms with Gasteiger partial charge in [0.05, 0.1) is 18.1 Å². The van der Waals surface area contributed by atoms with Gasteiger partial charge in [0, 0.05) is 30.9 Å². The van der Waals surface area contributed by atoms with Crippen molar-refractivity contribution in [2.75, 3.05) is 33.0 Å². The first kappa shape index (κ1) is 23.6. The summed E-state index contributed by atoms with van der Waals surface area (Å²) in [5, 5.41) is 9.93. The zero-order valence-corrected chi connectivity index (χ0v) is 20.0. The fraction of sp³-hybridized carbons (Fsp3) is 0.269. The predicted molar refractivity (Wildman–Crippen MR) is 135 cm³/mol. The highest BCUT2D eigenvalue weighted by atomic mass is 19.1. The van der Waals surface area contributed by atoms with Gasteiger partial charge in [-0.15, -0.1) is 0 Å². The van der Waals surface area contributed by atoms with Gasteiger partial charge in [-0.2, -0.15) is 5.10 Å². The number of carbonyl (C=O) groups is 1. The third-order valence-electron chi connectivity index (χ3n) is 6.67. The van der Waals surface area contributed by atoms with Gasteiger partial charge in [-0.3, -0.25) is 9.59 Å². The topological polar surface area (TPSA) is 118 Å². The van der Waals surface area contributed by atoms with Gasteiger partial charge in [0.2, 0.25) is 0 Å². The van der Waals surface area contributed by atoms with Crippen molar-refractivity contribution in [1.82, 2.24) is 25.0 Å². The van der Waals surface area contributed by atoms with E-state index in [-0.39, 0.29) is 29.5 Å². The maximum Gasteiger partial charge on any atom is 0.288 e. The van der Waals surface area contributed by atoms with Crippen LogP contribution in [0.2, 0.25) is 0 Å². The number of fused-ring (bicyclic) bond motifs is 1. The SMILES string of the molecule is COc1ccc(F)cc1C(=O)NCc1ccc(-c2cn([C@@H]3CCN(C)C3)c3c(=O)[nH]nc(N)c23)cc1. The molecule has 3 heterocycles. The molecule has 1 amide bonds. The number of nitrogens with two attached hydrogens (primary N) is 1. The monoisotopic (exact) mass is 490 g/mol. The van der Waals surface area contributed by atoms with Crippen molar-refractivity contribution in [3.63, 3.8) is 0 Å². The molecule has 4 aromatic rings. The molecule has 2 aromatic heterocycles. The highest BCUT2D eigenvalue weighted by molar-refractivity contribution is 6.02. The smallest absolute Gasteiger partial charge is 0.288 e. The number of H-pyrrole nitrogens is 1. The Hall–Kier alpha value is -4.18. The molecule has 0 unspecified atom stereocenters. The number of amides is 1. The van der Waals surface area contributed by atoms with Gasteiger partial charge in [-0.05, 0) is 49.3 Å². The van der Waals surface area contributed by atoms with Crippen molar-refractivity contribution >= 4 is 22.6 Å². The zero-order chi connectivity index (χ0) is 25.4. The minimum absolute atomic E-state index is 0.132. The molecule has 9 nitrogen and oxygen atoms in total. The number of halogens is 1. The van der Waals surface area contributed by atoms with E-state index in [0.717, 1.165) is 42.3 Å². The number of methoxy groups -OCH3 is 1. The van der Waals surface area contributed by atoms with E-state index in [0.29, 0.717) is 16.7 Å². The van der Waals surface area contributed by atoms with Crippen LogP contribution >= 0.6 is 0 Å². The molecule has 0 radical (unpaired) electrons. The lowest BCUT2D eigenvalue weighted by Gasteiger charge is -2.13. The Morgan fingerprint density at radius 2 is 2.06 bits per heavy atom. The van der Waals surface area contributed by atoms with Crippen molar-refractivity contribution in [1.29, 1.82) is 0 Å². The fourth-order valence-electron chi connectivity index (χ4n) is 4.82. The van der Waals surface area contributed by atoms with Crippen molar-refractivity contribution < 1.29 is 13.9 Å². The Balaban J connectivity index is 1.41. The minimum atomic E-state index is -0.513. The number of likely N-dealkylation sites (N-methyl/N-ethyl adjacent to an activating group) is 1. The first-order chi connectivity index (χ1) is 17.4. The summed E-state index contributed by atoms with van der Waals surface area (Å²) in [6.07, 6.45) is 2.92. The lowest BCUT2D eigenvalue weighted by molar-refractivity contribution is 0.0947. The van der Waals surface area contributed by atoms with E-state index in [4.69, 9.17) is 10.5 Å². The van der Waals surface area contributed by atoms with Crippen LogP contribution in [-0.2, 0) is 6.54 Å². The number of likely N-dealkylation sites (tertiary alicyclic amines) is 1. The van der Waals surface area contributed by atoms with Gasteiger partial charge in [0.15, 0.2) is 5.82 Å². The summed E-state index contributed by atoms with van der Waals surface area (Å²) in [6, 6.07) is 11.6. The van der Waals surface area contributed by atoms with E-state index >= 15 is 0 Å². The Morgan fingerprint density at radius 3 is 2.75 bits per heavy atom. The second-order valence-electron chi connectivity index (χ2n) is 9.04. The summed E-state index contributed by atoms with van der Waals surface area (Å²) in [5.74, 6) is -0.375. The number of benzene rings is 2. The number of aromatic nitrogens is 3. The van der Waals surface area contributed by atoms with E-state index in [9.17, 15) is 14.0 Å². The molecule has 0 bridgehead atoms. The first-order valence-corrected chi connectivity index (χ1v) is 11.6. The Kier molecular flexibility index (Phi) is 6.19. The molecule has 10 heteroatoms. The van der Waals surface area contributed by atoms with E-state index in [1.807, 2.05) is 35.0 Å². The van der Waals surface area contributed by atoms with Gasteiger partial charge < -0.3 is 25.3 Å². The third kappa shape index (κ3) is 4.31. The molecule has 186 valence electrons. The molecule has 0 spiro atoms. The molecule has 0 saturated carbocycles. The largest absolute Gasteiger partial charge is 0.496 e. The minimum Gasteiger partial charge on any atom is -0.496 e. The summed E-state index contributed by atoms with van der Waals surface area (Å²) in [5.41, 5.74) is 9.16. The van der Waals surface area contributed by atoms with E-state index < -0.39 is 11.7 Å². The molecule has 1 atom stereocenters. The van der Waals surface area contributed by atoms with Crippen LogP contribution in [0.1, 0.15) is 28.4 Å². The van der Waals surface area contributed by atoms with Gasteiger partial charge in [-0.25, -0.2) is 9.49 Å². The average Bonchev–Trinajstić information content (AvgIpc) is 3.50. The summed E-state index contributed by atoms with van der Waals surface area (Å²) in [6.45, 7) is 2.05. The van der Waals surface area contributed by atoms with Crippen LogP contribution in [0.5, 0.6) is 5.75 Å². The van der Waals surface area contributed by atoms with Crippen LogP contribution in [0.25, 0.3) is 22.0 Å². The number of anilines is 1. The van der Waals surface area contributed by atoms with Gasteiger partial charge in [-0.1, -0.05) is 24.3 Å². The zero-order valence-electron chi connectivity index (χ0n) is 20.0. The molecular weight excluding hydrogens is 463 g/mol. The standard InChI is InChI=1S/C26H27FN6O3/c1-32-10-9-18(13-32)33-14-20(22-23(33)26(35)31-30-24(22)28)16-5-3-15(4-6-16)12-29-25(34)19-11-17(27)7-8-21(19)36-2/h3-8,11,14,18H,9-10,12-13H2,1-2H3,(H2,28,30)(H,29,34)(H,31,35)/t18-/m1/s1. The molecule has 0 aliphatic carbocycles. The molecule has 5 rings (SSSR count). The van der Waals surface area contributed by atoms with Crippen LogP contribution in [0.3, 0.4) is 0 Å². The average molecular weight is 491 g/mol. The number of hydrogen-bond donors (Lipinski definition) is 3. The van der Waals surface area contributed by atoms with Crippen LogP contribution in [0.15, 0.2) is 53.5 Å². The molecule has 36 heavy (non-hydrogen) atoms. The Labute approximate surface area is 206 Å². The number of ether oxygens (including phenoxy) is 1. The number of nitrogen functional groups attached to an aromatic ring is 1. The van der Waals surface area contributed by atoms with Crippen LogP contribution in [0.4, 0.5) is 10.2 Å². The predicted octanol–water partition coefficient (Wildman–Crippen LogP) is 2.93. The summed E-state index contributed by atoms with van der Waals surface area (Å²) >= 11 is 0. The number of carbonyl (C=O) groups excluding carboxylic acids is 1. The molecular formula is C26H27FN6O3. The molecule has 1 aliphatic heterocycles. The summed E-state index contributed by atoms with van der Waals surface area (Å²) < 4.78 is 20.8. The van der Waals surface area contributed by atoms with Crippen molar-refractivity contribution in [2.45, 2.75) is 19.0 Å². The second-order valence-corrected chi connectivity index (χ2v) is 9.04. The highest BCUT2D eigenvalue weighted by Crippen LogP contribution is 2.35. The van der Waals surface area contributed by atoms with Gasteiger partial charge in [0.25, 0.3) is 11.5 Å². The molecule has 1 fully saturated rings. The van der Waals surface area contributed by atoms with Crippen molar-refractivity contribution in [3.05, 3.63) is 76.0 Å². The van der Waals surface area contributed by atoms with Crippen molar-refractivity contribution in [3.8, 4) is 16.9 Å². The number of rotatable bonds is 6. The van der Waals surface area contributed by atoms with E-state index in [2.05, 4.69) is 27.5 Å². The second kappa shape index (κ2) is 9.46. The molecule has 1 aliphatic rings. The van der Waals surface area contributed by atoms with Crippen LogP contribution in [-0.4, -0.2) is 52.8 Å². The van der Waals surface area contributed by atoms with Gasteiger partial charge in [0.1, 0.15) is 17.1 Å². The van der Waals surface area contributed by atoms with E-state index in [1.54, 1.807) is 0 Å². The molecule has 4 N–H and O–H groups in total. The quantitative estimate of drug-likeness (QED) is 0.383. The van der Waals surface area contributed by atoms with Gasteiger partial charge >= 0.3 is 0 Å². The van der Waals surface area contributed by atoms with Crippen LogP contribution < -0.4 is 21.3 Å².